The van der Waals surface area contributed by atoms with E-state index in [1.807, 2.05) is 38.1 Å². The normalized spacial score (nSPS) is 12.0. The number of quaternary nitrogens is 1. The van der Waals surface area contributed by atoms with E-state index < -0.39 is 0 Å². The number of nitrogens with zero attached hydrogens (tertiary/aromatic N) is 1. The third-order valence-corrected chi connectivity index (χ3v) is 3.09. The van der Waals surface area contributed by atoms with Gasteiger partial charge in [0, 0.05) is 0 Å². The fourth-order valence-corrected chi connectivity index (χ4v) is 1.64. The van der Waals surface area contributed by atoms with E-state index in [0.717, 1.165) is 11.3 Å². The van der Waals surface area contributed by atoms with Crippen molar-refractivity contribution < 1.29 is 14.1 Å². The van der Waals surface area contributed by atoms with E-state index in [0.29, 0.717) is 26.3 Å². The molecule has 0 bridgehead atoms. The lowest BCUT2D eigenvalue weighted by atomic mass is 10.2. The molecule has 1 rings (SSSR count). The van der Waals surface area contributed by atoms with Gasteiger partial charge in [0.25, 0.3) is 0 Å². The van der Waals surface area contributed by atoms with Gasteiger partial charge in [-0.25, -0.2) is 0 Å². The predicted molar refractivity (Wildman–Crippen MR) is 76.5 cm³/mol. The van der Waals surface area contributed by atoms with Crippen LogP contribution in [0.5, 0.6) is 5.75 Å². The molecule has 1 aromatic rings. The first-order valence-electron chi connectivity index (χ1n) is 6.59. The molecule has 4 nitrogen and oxygen atoms in total. The molecule has 4 heteroatoms. The highest BCUT2D eigenvalue weighted by Gasteiger charge is 2.05. The zero-order valence-corrected chi connectivity index (χ0v) is 12.0. The van der Waals surface area contributed by atoms with Crippen LogP contribution in [0.25, 0.3) is 0 Å². The minimum absolute atomic E-state index is 0.300. The fraction of sp³-hybridized carbons (Fsp3) is 0.467. The Morgan fingerprint density at radius 3 is 2.32 bits per heavy atom. The monoisotopic (exact) mass is 265 g/mol. The van der Waals surface area contributed by atoms with Crippen molar-refractivity contribution in [3.63, 3.8) is 0 Å². The second kappa shape index (κ2) is 7.94. The van der Waals surface area contributed by atoms with Crippen LogP contribution in [-0.4, -0.2) is 31.5 Å². The van der Waals surface area contributed by atoms with Crippen LogP contribution in [0.15, 0.2) is 36.5 Å². The Hall–Kier alpha value is -1.36. The lowest BCUT2D eigenvalue weighted by Gasteiger charge is -2.36. The van der Waals surface area contributed by atoms with Crippen LogP contribution in [0, 0.1) is 5.21 Å². The van der Waals surface area contributed by atoms with E-state index in [2.05, 4.69) is 0 Å². The van der Waals surface area contributed by atoms with E-state index in [1.165, 1.54) is 0 Å². The van der Waals surface area contributed by atoms with Gasteiger partial charge in [0.05, 0.1) is 39.6 Å². The zero-order valence-electron chi connectivity index (χ0n) is 12.0. The van der Waals surface area contributed by atoms with Crippen molar-refractivity contribution in [3.8, 4) is 5.75 Å². The number of hydrogen-bond acceptors (Lipinski definition) is 3. The SMILES string of the molecule is CC[N+]([O-])(/C=C/COCc1ccc(OC)cc1)CC. The van der Waals surface area contributed by atoms with Crippen molar-refractivity contribution in [2.75, 3.05) is 26.8 Å². The number of ether oxygens (including phenoxy) is 2. The van der Waals surface area contributed by atoms with E-state index in [1.54, 1.807) is 19.4 Å². The van der Waals surface area contributed by atoms with Gasteiger partial charge in [-0.3, -0.25) is 0 Å². The van der Waals surface area contributed by atoms with E-state index in [4.69, 9.17) is 9.47 Å². The van der Waals surface area contributed by atoms with Gasteiger partial charge in [-0.1, -0.05) is 12.1 Å². The number of hydroxylamine groups is 3. The van der Waals surface area contributed by atoms with Gasteiger partial charge in [0.1, 0.15) is 5.75 Å². The Labute approximate surface area is 115 Å². The molecule has 0 spiro atoms. The Morgan fingerprint density at radius 2 is 1.79 bits per heavy atom. The third-order valence-electron chi connectivity index (χ3n) is 3.09. The van der Waals surface area contributed by atoms with Gasteiger partial charge in [-0.2, -0.15) is 0 Å². The highest BCUT2D eigenvalue weighted by Crippen LogP contribution is 2.12. The van der Waals surface area contributed by atoms with E-state index >= 15 is 0 Å². The van der Waals surface area contributed by atoms with Crippen molar-refractivity contribution >= 4 is 0 Å². The lowest BCUT2D eigenvalue weighted by Crippen LogP contribution is -2.35. The summed E-state index contributed by atoms with van der Waals surface area (Å²) in [5.41, 5.74) is 1.09. The maximum Gasteiger partial charge on any atom is 0.118 e. The Kier molecular flexibility index (Phi) is 6.56. The minimum atomic E-state index is -0.300. The van der Waals surface area contributed by atoms with Gasteiger partial charge < -0.3 is 19.3 Å². The topological polar surface area (TPSA) is 41.5 Å². The number of hydrogen-bond donors (Lipinski definition) is 0. The summed E-state index contributed by atoms with van der Waals surface area (Å²) in [6.07, 6.45) is 3.46. The van der Waals surface area contributed by atoms with Gasteiger partial charge in [0.15, 0.2) is 0 Å². The first kappa shape index (κ1) is 15.7. The van der Waals surface area contributed by atoms with Gasteiger partial charge in [-0.05, 0) is 37.6 Å². The van der Waals surface area contributed by atoms with Crippen LogP contribution in [-0.2, 0) is 11.3 Å². The molecular formula is C15H23NO3. The summed E-state index contributed by atoms with van der Waals surface area (Å²) in [7, 11) is 1.64. The molecule has 0 saturated heterocycles. The van der Waals surface area contributed by atoms with Gasteiger partial charge in [0.2, 0.25) is 0 Å². The molecule has 1 aromatic carbocycles. The average molecular weight is 265 g/mol. The molecule has 0 radical (unpaired) electrons. The molecule has 0 aliphatic heterocycles. The molecular weight excluding hydrogens is 242 g/mol. The first-order valence-corrected chi connectivity index (χ1v) is 6.59. The summed E-state index contributed by atoms with van der Waals surface area (Å²) >= 11 is 0. The number of methoxy groups -OCH3 is 1. The largest absolute Gasteiger partial charge is 0.628 e. The standard InChI is InChI=1S/C15H23NO3/c1-4-16(17,5-2)11-6-12-19-13-14-7-9-15(18-3)10-8-14/h6-11H,4-5,12-13H2,1-3H3/b11-6+. The summed E-state index contributed by atoms with van der Waals surface area (Å²) in [5, 5.41) is 11.9. The van der Waals surface area contributed by atoms with Gasteiger partial charge >= 0.3 is 0 Å². The maximum atomic E-state index is 11.9. The molecule has 0 amide bonds. The summed E-state index contributed by atoms with van der Waals surface area (Å²) < 4.78 is 10.3. The van der Waals surface area contributed by atoms with Crippen molar-refractivity contribution in [2.45, 2.75) is 20.5 Å². The van der Waals surface area contributed by atoms with Crippen LogP contribution < -0.4 is 4.74 Å². The molecule has 0 fully saturated rings. The van der Waals surface area contributed by atoms with E-state index in [-0.39, 0.29) is 4.65 Å². The summed E-state index contributed by atoms with van der Waals surface area (Å²) in [6.45, 7) is 5.86. The van der Waals surface area contributed by atoms with Crippen molar-refractivity contribution in [2.24, 2.45) is 0 Å². The lowest BCUT2D eigenvalue weighted by molar-refractivity contribution is -0.825. The van der Waals surface area contributed by atoms with Crippen molar-refractivity contribution in [1.82, 2.24) is 0 Å². The Bertz CT molecular complexity index is 383. The third kappa shape index (κ3) is 5.42. The summed E-state index contributed by atoms with van der Waals surface area (Å²) in [4.78, 5) is 0. The smallest absolute Gasteiger partial charge is 0.118 e. The molecule has 0 saturated carbocycles. The second-order valence-electron chi connectivity index (χ2n) is 4.33. The van der Waals surface area contributed by atoms with Crippen LogP contribution >= 0.6 is 0 Å². The van der Waals surface area contributed by atoms with Crippen molar-refractivity contribution in [3.05, 3.63) is 47.3 Å². The molecule has 106 valence electrons. The van der Waals surface area contributed by atoms with Crippen LogP contribution in [0.2, 0.25) is 0 Å². The quantitative estimate of drug-likeness (QED) is 0.412. The van der Waals surface area contributed by atoms with Crippen LogP contribution in [0.1, 0.15) is 19.4 Å². The molecule has 0 atom stereocenters. The summed E-state index contributed by atoms with van der Waals surface area (Å²) in [5.74, 6) is 0.836. The highest BCUT2D eigenvalue weighted by atomic mass is 16.5. The molecule has 0 aliphatic carbocycles. The Morgan fingerprint density at radius 1 is 1.16 bits per heavy atom. The number of rotatable bonds is 8. The maximum absolute atomic E-state index is 11.9. The number of benzene rings is 1. The first-order chi connectivity index (χ1) is 9.13. The second-order valence-corrected chi connectivity index (χ2v) is 4.33. The van der Waals surface area contributed by atoms with Gasteiger partial charge in [-0.15, -0.1) is 0 Å². The molecule has 0 aromatic heterocycles. The van der Waals surface area contributed by atoms with Crippen LogP contribution in [0.4, 0.5) is 0 Å². The van der Waals surface area contributed by atoms with Crippen LogP contribution in [0.3, 0.4) is 0 Å². The van der Waals surface area contributed by atoms with Crippen molar-refractivity contribution in [1.29, 1.82) is 0 Å². The molecule has 19 heavy (non-hydrogen) atoms. The minimum Gasteiger partial charge on any atom is -0.628 e. The van der Waals surface area contributed by atoms with E-state index in [9.17, 15) is 5.21 Å². The Balaban J connectivity index is 2.32. The highest BCUT2D eigenvalue weighted by molar-refractivity contribution is 5.26. The molecule has 0 unspecified atom stereocenters. The zero-order chi connectivity index (χ0) is 14.1. The molecule has 0 aliphatic rings. The average Bonchev–Trinajstić information content (AvgIpc) is 2.47. The molecule has 0 N–H and O–H groups in total. The fourth-order valence-electron chi connectivity index (χ4n) is 1.64. The predicted octanol–water partition coefficient (Wildman–Crippen LogP) is 3.08. The molecule has 0 heterocycles. The summed E-state index contributed by atoms with van der Waals surface area (Å²) in [6, 6.07) is 7.74.